The summed E-state index contributed by atoms with van der Waals surface area (Å²) in [5.41, 5.74) is 0.231. The summed E-state index contributed by atoms with van der Waals surface area (Å²) in [4.78, 5) is 39.4. The average molecular weight is 692 g/mol. The van der Waals surface area contributed by atoms with E-state index in [-0.39, 0.29) is 45.4 Å². The minimum atomic E-state index is -1.03. The third-order valence-electron chi connectivity index (χ3n) is 10.5. The number of carbonyl (C=O) groups is 3. The maximum Gasteiger partial charge on any atom is 0.311 e. The number of nitrogens with zero attached hydrogens (tertiary/aromatic N) is 2. The van der Waals surface area contributed by atoms with Crippen LogP contribution < -0.4 is 4.74 Å². The van der Waals surface area contributed by atoms with Crippen molar-refractivity contribution in [3.8, 4) is 17.6 Å². The fourth-order valence-electron chi connectivity index (χ4n) is 7.62. The lowest BCUT2D eigenvalue weighted by Gasteiger charge is -2.23. The van der Waals surface area contributed by atoms with Gasteiger partial charge < -0.3 is 9.47 Å². The van der Waals surface area contributed by atoms with Gasteiger partial charge in [-0.25, -0.2) is 0 Å². The van der Waals surface area contributed by atoms with Crippen LogP contribution in [0.3, 0.4) is 0 Å². The number of nitriles is 1. The fraction of sp³-hybridized carbons (Fsp3) is 0.487. The lowest BCUT2D eigenvalue weighted by Crippen LogP contribution is -2.37. The molecule has 9 heteroatoms. The van der Waals surface area contributed by atoms with Gasteiger partial charge in [0.15, 0.2) is 0 Å². The second-order valence-corrected chi connectivity index (χ2v) is 14.9. The summed E-state index contributed by atoms with van der Waals surface area (Å²) >= 11 is 11.5. The molecule has 1 saturated heterocycles. The quantitative estimate of drug-likeness (QED) is 0.125. The minimum Gasteiger partial charge on any atom is -0.457 e. The van der Waals surface area contributed by atoms with E-state index in [0.29, 0.717) is 41.4 Å². The maximum absolute atomic E-state index is 12.6. The molecule has 0 spiro atoms. The number of fused-ring (bicyclic) bond motifs is 5. The number of likely N-dealkylation sites (tertiary alicyclic amines) is 1. The zero-order valence-electron chi connectivity index (χ0n) is 28.0. The van der Waals surface area contributed by atoms with E-state index in [0.717, 1.165) is 19.3 Å². The van der Waals surface area contributed by atoms with E-state index in [1.54, 1.807) is 35.2 Å². The molecule has 3 fully saturated rings. The number of benzene rings is 2. The largest absolute Gasteiger partial charge is 0.457 e. The number of para-hydroxylation sites is 1. The number of halogens is 2. The highest BCUT2D eigenvalue weighted by molar-refractivity contribution is 6.55. The number of allylic oxidation sites excluding steroid dienone is 3. The highest BCUT2D eigenvalue weighted by Gasteiger charge is 2.62. The first-order valence-electron chi connectivity index (χ1n) is 17.0. The van der Waals surface area contributed by atoms with E-state index < -0.39 is 12.1 Å². The van der Waals surface area contributed by atoms with Crippen molar-refractivity contribution < 1.29 is 23.9 Å². The van der Waals surface area contributed by atoms with Crippen LogP contribution in [0.4, 0.5) is 0 Å². The highest BCUT2D eigenvalue weighted by Crippen LogP contribution is 2.60. The molecule has 254 valence electrons. The summed E-state index contributed by atoms with van der Waals surface area (Å²) in [6, 6.07) is 18.3. The summed E-state index contributed by atoms with van der Waals surface area (Å²) < 4.78 is 11.4. The Bertz CT molecular complexity index is 1560. The standard InChI is InChI=1S/C22H19Cl2NO3.C17H25NO2/c1-22(2)17(12-19(23)24)20(22)21(26)28-18(13-25)14-7-6-10-16(11-14)27-15-8-4-3-5-9-15;1-3-5-6-11(4-2)10-18-16(19)14-12-7-8-13(9-12)15(14)17(18)20/h3-12,17-18,20H,1-2H3;7-8,11-15H,3-6,9-10H2,1-2H3/t17-,18+,20-;11?,12-,13+,14?,15?/m1./s1. The third kappa shape index (κ3) is 7.66. The van der Waals surface area contributed by atoms with Crippen molar-refractivity contribution in [1.82, 2.24) is 4.90 Å². The van der Waals surface area contributed by atoms with Crippen LogP contribution in [-0.4, -0.2) is 29.2 Å². The van der Waals surface area contributed by atoms with Crippen molar-refractivity contribution in [2.24, 2.45) is 46.8 Å². The van der Waals surface area contributed by atoms with Crippen LogP contribution >= 0.6 is 23.2 Å². The van der Waals surface area contributed by atoms with Gasteiger partial charge in [-0.3, -0.25) is 19.3 Å². The van der Waals surface area contributed by atoms with Gasteiger partial charge in [0.25, 0.3) is 0 Å². The number of rotatable bonds is 12. The monoisotopic (exact) mass is 690 g/mol. The maximum atomic E-state index is 12.6. The van der Waals surface area contributed by atoms with Crippen LogP contribution in [0.25, 0.3) is 0 Å². The number of imide groups is 1. The first-order valence-corrected chi connectivity index (χ1v) is 17.7. The molecule has 0 N–H and O–H groups in total. The Labute approximate surface area is 293 Å². The number of amides is 2. The molecule has 6 rings (SSSR count). The van der Waals surface area contributed by atoms with Crippen molar-refractivity contribution in [2.75, 3.05) is 6.54 Å². The molecule has 1 aliphatic heterocycles. The lowest BCUT2D eigenvalue weighted by molar-refractivity contribution is -0.149. The number of hydrogen-bond acceptors (Lipinski definition) is 6. The number of carbonyl (C=O) groups excluding carboxylic acids is 3. The third-order valence-corrected chi connectivity index (χ3v) is 10.8. The molecule has 48 heavy (non-hydrogen) atoms. The molecular weight excluding hydrogens is 647 g/mol. The Morgan fingerprint density at radius 1 is 1.02 bits per heavy atom. The van der Waals surface area contributed by atoms with Gasteiger partial charge in [-0.2, -0.15) is 5.26 Å². The number of ether oxygens (including phenoxy) is 2. The van der Waals surface area contributed by atoms with E-state index >= 15 is 0 Å². The molecule has 3 unspecified atom stereocenters. The Hall–Kier alpha value is -3.60. The fourth-order valence-corrected chi connectivity index (χ4v) is 7.89. The molecular formula is C39H44Cl2N2O5. The number of esters is 1. The predicted molar refractivity (Wildman–Crippen MR) is 186 cm³/mol. The van der Waals surface area contributed by atoms with Gasteiger partial charge in [0, 0.05) is 12.1 Å². The zero-order chi connectivity index (χ0) is 34.6. The Morgan fingerprint density at radius 3 is 2.25 bits per heavy atom. The molecule has 2 aromatic carbocycles. The van der Waals surface area contributed by atoms with Crippen LogP contribution in [0.2, 0.25) is 0 Å². The normalized spacial score (nSPS) is 26.9. The predicted octanol–water partition coefficient (Wildman–Crippen LogP) is 9.19. The van der Waals surface area contributed by atoms with Crippen molar-refractivity contribution in [2.45, 2.75) is 65.9 Å². The average Bonchev–Trinajstić information content (AvgIpc) is 3.47. The summed E-state index contributed by atoms with van der Waals surface area (Å²) in [7, 11) is 0. The van der Waals surface area contributed by atoms with Crippen molar-refractivity contribution in [1.29, 1.82) is 5.26 Å². The van der Waals surface area contributed by atoms with Gasteiger partial charge in [-0.1, -0.05) is 113 Å². The molecule has 0 aromatic heterocycles. The van der Waals surface area contributed by atoms with Gasteiger partial charge >= 0.3 is 5.97 Å². The summed E-state index contributed by atoms with van der Waals surface area (Å²) in [6.07, 6.45) is 10.5. The van der Waals surface area contributed by atoms with Gasteiger partial charge in [0.2, 0.25) is 17.9 Å². The van der Waals surface area contributed by atoms with Crippen molar-refractivity contribution >= 4 is 41.0 Å². The van der Waals surface area contributed by atoms with E-state index in [9.17, 15) is 19.6 Å². The molecule has 0 radical (unpaired) electrons. The second kappa shape index (κ2) is 15.3. The SMILES string of the molecule is CC1(C)[C@H](C=C(Cl)Cl)[C@@H]1C(=O)O[C@@H](C#N)c1cccc(Oc2ccccc2)c1.CCCCC(CC)CN1C(=O)C2C(C1=O)[C@H]1C=C[C@@H]2C1. The molecule has 7 nitrogen and oxygen atoms in total. The summed E-state index contributed by atoms with van der Waals surface area (Å²) in [5.74, 6) is 1.62. The molecule has 8 atom stereocenters. The van der Waals surface area contributed by atoms with Crippen LogP contribution in [0, 0.1) is 58.2 Å². The lowest BCUT2D eigenvalue weighted by atomic mass is 9.85. The molecule has 4 aliphatic rings. The van der Waals surface area contributed by atoms with Crippen molar-refractivity contribution in [3.63, 3.8) is 0 Å². The topological polar surface area (TPSA) is 96.7 Å². The van der Waals surface area contributed by atoms with Gasteiger partial charge in [-0.15, -0.1) is 0 Å². The Balaban J connectivity index is 0.000000198. The molecule has 2 saturated carbocycles. The van der Waals surface area contributed by atoms with Gasteiger partial charge in [0.1, 0.15) is 22.1 Å². The summed E-state index contributed by atoms with van der Waals surface area (Å²) in [6.45, 7) is 8.88. The number of unbranched alkanes of at least 4 members (excludes halogenated alkanes) is 1. The minimum absolute atomic E-state index is 0.0267. The van der Waals surface area contributed by atoms with E-state index in [2.05, 4.69) is 26.0 Å². The van der Waals surface area contributed by atoms with E-state index in [1.807, 2.05) is 50.2 Å². The smallest absolute Gasteiger partial charge is 0.311 e. The van der Waals surface area contributed by atoms with E-state index in [1.165, 1.54) is 12.8 Å². The molecule has 2 aromatic rings. The first-order chi connectivity index (χ1) is 23.0. The van der Waals surface area contributed by atoms with Crippen LogP contribution in [0.15, 0.2) is 77.3 Å². The Morgan fingerprint density at radius 2 is 1.67 bits per heavy atom. The van der Waals surface area contributed by atoms with Crippen molar-refractivity contribution in [3.05, 3.63) is 82.9 Å². The van der Waals surface area contributed by atoms with Gasteiger partial charge in [-0.05, 0) is 72.3 Å². The zero-order valence-corrected chi connectivity index (χ0v) is 29.5. The molecule has 3 aliphatic carbocycles. The highest BCUT2D eigenvalue weighted by atomic mass is 35.5. The number of hydrogen-bond donors (Lipinski definition) is 0. The van der Waals surface area contributed by atoms with Crippen LogP contribution in [0.1, 0.15) is 71.5 Å². The molecule has 2 amide bonds. The van der Waals surface area contributed by atoms with E-state index in [4.69, 9.17) is 32.7 Å². The first kappa shape index (κ1) is 35.7. The molecule has 2 bridgehead atoms. The van der Waals surface area contributed by atoms with Crippen LogP contribution in [0.5, 0.6) is 11.5 Å². The second-order valence-electron chi connectivity index (χ2n) is 13.9. The molecule has 1 heterocycles. The summed E-state index contributed by atoms with van der Waals surface area (Å²) in [5, 5.41) is 9.53. The van der Waals surface area contributed by atoms with Crippen LogP contribution in [-0.2, 0) is 19.1 Å². The Kier molecular flexibility index (Phi) is 11.4. The van der Waals surface area contributed by atoms with Gasteiger partial charge in [0.05, 0.1) is 17.8 Å².